The van der Waals surface area contributed by atoms with E-state index < -0.39 is 29.2 Å². The fourth-order valence-electron chi connectivity index (χ4n) is 4.31. The highest BCUT2D eigenvalue weighted by Crippen LogP contribution is 2.33. The number of aromatic nitrogens is 2. The quantitative estimate of drug-likeness (QED) is 0.217. The molecule has 0 radical (unpaired) electrons. The van der Waals surface area contributed by atoms with Crippen LogP contribution in [0.2, 0.25) is 5.02 Å². The lowest BCUT2D eigenvalue weighted by Gasteiger charge is -2.20. The number of nitrogens with zero attached hydrogens (tertiary/aromatic N) is 2. The van der Waals surface area contributed by atoms with E-state index in [0.717, 1.165) is 10.2 Å². The van der Waals surface area contributed by atoms with Gasteiger partial charge >= 0.3 is 5.97 Å². The van der Waals surface area contributed by atoms with Crippen molar-refractivity contribution in [2.45, 2.75) is 19.4 Å². The molecule has 0 saturated carbocycles. The zero-order valence-electron chi connectivity index (χ0n) is 22.4. The number of hydrogen-bond acceptors (Lipinski definition) is 8. The molecule has 1 amide bonds. The topological polar surface area (TPSA) is 137 Å². The van der Waals surface area contributed by atoms with Gasteiger partial charge in [0.05, 0.1) is 19.8 Å². The molecule has 0 spiro atoms. The van der Waals surface area contributed by atoms with Gasteiger partial charge in [-0.15, -0.1) is 5.10 Å². The van der Waals surface area contributed by atoms with Crippen molar-refractivity contribution in [3.63, 3.8) is 0 Å². The van der Waals surface area contributed by atoms with Crippen LogP contribution in [0, 0.1) is 0 Å². The van der Waals surface area contributed by atoms with Crippen LogP contribution in [0.15, 0.2) is 77.6 Å². The Balaban J connectivity index is 1.79. The molecular weight excluding hydrogens is 550 g/mol. The minimum absolute atomic E-state index is 0.000281. The van der Waals surface area contributed by atoms with E-state index in [1.807, 2.05) is 6.07 Å². The first-order chi connectivity index (χ1) is 19.6. The van der Waals surface area contributed by atoms with Crippen LogP contribution in [0.3, 0.4) is 0 Å². The number of phenols is 1. The summed E-state index contributed by atoms with van der Waals surface area (Å²) in [5, 5.41) is 17.7. The number of esters is 1. The van der Waals surface area contributed by atoms with Crippen LogP contribution in [0.4, 0.5) is 5.69 Å². The summed E-state index contributed by atoms with van der Waals surface area (Å²) >= 11 is 6.19. The Bertz CT molecular complexity index is 1690. The lowest BCUT2D eigenvalue weighted by atomic mass is 9.98. The second-order valence-corrected chi connectivity index (χ2v) is 9.45. The van der Waals surface area contributed by atoms with Gasteiger partial charge in [0.2, 0.25) is 11.8 Å². The number of nitrogens with one attached hydrogen (secondary N) is 1. The highest BCUT2D eigenvalue weighted by Gasteiger charge is 2.27. The van der Waals surface area contributed by atoms with E-state index in [0.29, 0.717) is 16.1 Å². The molecule has 3 aromatic carbocycles. The first-order valence-electron chi connectivity index (χ1n) is 12.4. The number of amides is 1. The maximum atomic E-state index is 13.6. The summed E-state index contributed by atoms with van der Waals surface area (Å²) in [6.45, 7) is 1.39. The second-order valence-electron chi connectivity index (χ2n) is 9.01. The van der Waals surface area contributed by atoms with Crippen LogP contribution < -0.4 is 15.6 Å². The number of phenolic OH excluding ortho intramolecular Hbond substituents is 1. The zero-order chi connectivity index (χ0) is 29.7. The molecule has 41 heavy (non-hydrogen) atoms. The molecule has 11 heteroatoms. The molecule has 1 unspecified atom stereocenters. The monoisotopic (exact) mass is 575 g/mol. The molecule has 0 saturated heterocycles. The van der Waals surface area contributed by atoms with E-state index in [2.05, 4.69) is 15.2 Å². The Hall–Kier alpha value is -4.96. The van der Waals surface area contributed by atoms with Gasteiger partial charge in [-0.25, -0.2) is 9.48 Å². The van der Waals surface area contributed by atoms with E-state index >= 15 is 0 Å². The molecule has 0 aliphatic carbocycles. The first kappa shape index (κ1) is 29.0. The summed E-state index contributed by atoms with van der Waals surface area (Å²) in [4.78, 5) is 51.2. The Morgan fingerprint density at radius 2 is 1.68 bits per heavy atom. The molecule has 0 bridgehead atoms. The van der Waals surface area contributed by atoms with Crippen LogP contribution in [-0.4, -0.2) is 46.8 Å². The normalized spacial score (nSPS) is 11.4. The van der Waals surface area contributed by atoms with E-state index in [9.17, 15) is 24.3 Å². The number of halogens is 1. The van der Waals surface area contributed by atoms with Gasteiger partial charge in [0.1, 0.15) is 17.4 Å². The number of ketones is 1. The van der Waals surface area contributed by atoms with Gasteiger partial charge in [0.25, 0.3) is 5.56 Å². The van der Waals surface area contributed by atoms with Gasteiger partial charge in [-0.2, -0.15) is 0 Å². The van der Waals surface area contributed by atoms with E-state index in [1.165, 1.54) is 45.4 Å². The summed E-state index contributed by atoms with van der Waals surface area (Å²) < 4.78 is 11.1. The van der Waals surface area contributed by atoms with E-state index in [4.69, 9.17) is 16.3 Å². The smallest absolute Gasteiger partial charge is 0.341 e. The molecule has 4 aromatic rings. The molecule has 1 heterocycles. The minimum atomic E-state index is -1.15. The van der Waals surface area contributed by atoms with Crippen LogP contribution in [0.5, 0.6) is 11.6 Å². The fourth-order valence-corrected chi connectivity index (χ4v) is 4.48. The number of methoxy groups -OCH3 is 2. The summed E-state index contributed by atoms with van der Waals surface area (Å²) in [5.41, 5.74) is 1.15. The number of ether oxygens (including phenoxy) is 2. The number of anilines is 1. The Kier molecular flexibility index (Phi) is 8.84. The summed E-state index contributed by atoms with van der Waals surface area (Å²) in [5.74, 6) is -1.99. The van der Waals surface area contributed by atoms with Crippen LogP contribution in [-0.2, 0) is 16.0 Å². The van der Waals surface area contributed by atoms with Crippen LogP contribution >= 0.6 is 11.6 Å². The maximum absolute atomic E-state index is 13.6. The predicted molar refractivity (Wildman–Crippen MR) is 153 cm³/mol. The zero-order valence-corrected chi connectivity index (χ0v) is 23.1. The number of rotatable bonds is 9. The molecule has 0 aliphatic heterocycles. The van der Waals surface area contributed by atoms with Crippen LogP contribution in [0.1, 0.15) is 39.2 Å². The van der Waals surface area contributed by atoms with Crippen LogP contribution in [0.25, 0.3) is 11.1 Å². The predicted octanol–water partition coefficient (Wildman–Crippen LogP) is 4.69. The van der Waals surface area contributed by atoms with Gasteiger partial charge in [-0.05, 0) is 48.4 Å². The highest BCUT2D eigenvalue weighted by molar-refractivity contribution is 6.31. The number of Topliss-reactive ketones (excluding diaryl/α,β-unsaturated/α-hetero) is 1. The van der Waals surface area contributed by atoms with Crippen molar-refractivity contribution >= 4 is 34.9 Å². The van der Waals surface area contributed by atoms with E-state index in [1.54, 1.807) is 42.5 Å². The Labute approximate surface area is 240 Å². The summed E-state index contributed by atoms with van der Waals surface area (Å²) in [7, 11) is 2.54. The molecule has 0 aliphatic rings. The molecule has 1 aromatic heterocycles. The third kappa shape index (κ3) is 6.44. The molecule has 0 fully saturated rings. The van der Waals surface area contributed by atoms with Crippen molar-refractivity contribution in [3.05, 3.63) is 105 Å². The van der Waals surface area contributed by atoms with Gasteiger partial charge in [-0.3, -0.25) is 14.4 Å². The lowest BCUT2D eigenvalue weighted by molar-refractivity contribution is -0.119. The third-order valence-electron chi connectivity index (χ3n) is 6.31. The average Bonchev–Trinajstić information content (AvgIpc) is 2.96. The van der Waals surface area contributed by atoms with Gasteiger partial charge in [0, 0.05) is 34.8 Å². The number of aromatic hydroxyl groups is 1. The molecular formula is C30H26ClN3O7. The standard InChI is InChI=1S/C30H26ClN3O7/c1-17(35)21-11-9-19(31)14-23(21)24-16-27(37)34(33-29(24)40-2)25(13-18-7-5-4-6-8-18)28(38)32-20-10-12-22(26(36)15-20)30(39)41-3/h4-12,14-16,25,36H,13H2,1-3H3,(H,32,38). The van der Waals surface area contributed by atoms with Crippen molar-refractivity contribution in [1.29, 1.82) is 0 Å². The minimum Gasteiger partial charge on any atom is -0.507 e. The molecule has 4 rings (SSSR count). The molecule has 10 nitrogen and oxygen atoms in total. The van der Waals surface area contributed by atoms with Crippen molar-refractivity contribution in [1.82, 2.24) is 9.78 Å². The van der Waals surface area contributed by atoms with Gasteiger partial charge < -0.3 is 19.9 Å². The summed E-state index contributed by atoms with van der Waals surface area (Å²) in [6, 6.07) is 17.7. The maximum Gasteiger partial charge on any atom is 0.341 e. The fraction of sp³-hybridized carbons (Fsp3) is 0.167. The number of carbonyl (C=O) groups excluding carboxylic acids is 3. The van der Waals surface area contributed by atoms with Gasteiger partial charge in [0.15, 0.2) is 5.78 Å². The van der Waals surface area contributed by atoms with E-state index in [-0.39, 0.29) is 34.9 Å². The SMILES string of the molecule is COC(=O)c1ccc(NC(=O)C(Cc2ccccc2)n2nc(OC)c(-c3cc(Cl)ccc3C(C)=O)cc2=O)cc1O. The molecule has 210 valence electrons. The lowest BCUT2D eigenvalue weighted by Crippen LogP contribution is -2.36. The number of benzene rings is 3. The average molecular weight is 576 g/mol. The second kappa shape index (κ2) is 12.5. The van der Waals surface area contributed by atoms with Gasteiger partial charge in [-0.1, -0.05) is 41.9 Å². The van der Waals surface area contributed by atoms with Crippen molar-refractivity contribution in [2.75, 3.05) is 19.5 Å². The van der Waals surface area contributed by atoms with Crippen molar-refractivity contribution in [3.8, 4) is 22.8 Å². The summed E-state index contributed by atoms with van der Waals surface area (Å²) in [6.07, 6.45) is 0.0875. The highest BCUT2D eigenvalue weighted by atomic mass is 35.5. The largest absolute Gasteiger partial charge is 0.507 e. The Morgan fingerprint density at radius 3 is 2.32 bits per heavy atom. The Morgan fingerprint density at radius 1 is 0.976 bits per heavy atom. The number of hydrogen-bond donors (Lipinski definition) is 2. The van der Waals surface area contributed by atoms with Crippen molar-refractivity contribution in [2.24, 2.45) is 0 Å². The first-order valence-corrected chi connectivity index (χ1v) is 12.8. The molecule has 2 N–H and O–H groups in total. The third-order valence-corrected chi connectivity index (χ3v) is 6.54. The number of carbonyl (C=O) groups is 3. The van der Waals surface area contributed by atoms with Crippen molar-refractivity contribution < 1.29 is 29.0 Å². The molecule has 1 atom stereocenters.